The van der Waals surface area contributed by atoms with Gasteiger partial charge in [-0.05, 0) is 25.0 Å². The summed E-state index contributed by atoms with van der Waals surface area (Å²) in [4.78, 5) is 37.5. The Balaban J connectivity index is 1.78. The van der Waals surface area contributed by atoms with Crippen molar-refractivity contribution in [2.24, 2.45) is 0 Å². The fourth-order valence-corrected chi connectivity index (χ4v) is 2.84. The number of nitrogens with zero attached hydrogens (tertiary/aromatic N) is 1. The van der Waals surface area contributed by atoms with E-state index in [4.69, 9.17) is 4.74 Å². The summed E-state index contributed by atoms with van der Waals surface area (Å²) in [7, 11) is 0. The van der Waals surface area contributed by atoms with Crippen LogP contribution in [0.15, 0.2) is 60.7 Å². The molecule has 0 atom stereocenters. The van der Waals surface area contributed by atoms with Crippen LogP contribution in [0.25, 0.3) is 0 Å². The van der Waals surface area contributed by atoms with Crippen LogP contribution in [0.5, 0.6) is 0 Å². The fourth-order valence-electron chi connectivity index (χ4n) is 2.84. The Bertz CT molecular complexity index is 779. The van der Waals surface area contributed by atoms with Gasteiger partial charge < -0.3 is 10.1 Å². The van der Waals surface area contributed by atoms with Gasteiger partial charge in [-0.2, -0.15) is 0 Å². The number of nitrogens with one attached hydrogen (secondary N) is 1. The minimum Gasteiger partial charge on any atom is -0.451 e. The van der Waals surface area contributed by atoms with Crippen LogP contribution in [0.1, 0.15) is 31.1 Å². The quantitative estimate of drug-likeness (QED) is 0.663. The Kier molecular flexibility index (Phi) is 4.75. The van der Waals surface area contributed by atoms with Gasteiger partial charge in [-0.25, -0.2) is 4.79 Å². The van der Waals surface area contributed by atoms with E-state index in [1.54, 1.807) is 13.8 Å². The van der Waals surface area contributed by atoms with Crippen molar-refractivity contribution in [3.63, 3.8) is 0 Å². The van der Waals surface area contributed by atoms with Gasteiger partial charge in [-0.15, -0.1) is 0 Å². The number of imide groups is 1. The first-order chi connectivity index (χ1) is 12.4. The van der Waals surface area contributed by atoms with Gasteiger partial charge in [0.05, 0.1) is 0 Å². The van der Waals surface area contributed by atoms with Crippen LogP contribution in [-0.4, -0.2) is 34.9 Å². The van der Waals surface area contributed by atoms with Gasteiger partial charge in [-0.3, -0.25) is 14.5 Å². The number of hydrogen-bond acceptors (Lipinski definition) is 4. The molecule has 6 nitrogen and oxygen atoms in total. The summed E-state index contributed by atoms with van der Waals surface area (Å²) in [5, 5.41) is 2.54. The molecule has 2 aromatic carbocycles. The average Bonchev–Trinajstić information content (AvgIpc) is 2.83. The Morgan fingerprint density at radius 2 is 1.50 bits per heavy atom. The number of esters is 1. The molecule has 0 bridgehead atoms. The molecule has 1 aliphatic heterocycles. The normalized spacial score (nSPS) is 15.9. The van der Waals surface area contributed by atoms with Crippen molar-refractivity contribution in [3.8, 4) is 0 Å². The van der Waals surface area contributed by atoms with Crippen LogP contribution in [0, 0.1) is 0 Å². The van der Waals surface area contributed by atoms with Crippen molar-refractivity contribution < 1.29 is 19.1 Å². The number of amides is 3. The number of hydrogen-bond donors (Lipinski definition) is 1. The molecule has 1 N–H and O–H groups in total. The molecule has 1 heterocycles. The predicted molar refractivity (Wildman–Crippen MR) is 95.1 cm³/mol. The molecular weight excluding hydrogens is 332 g/mol. The van der Waals surface area contributed by atoms with Gasteiger partial charge in [0.1, 0.15) is 12.1 Å². The Morgan fingerprint density at radius 3 is 1.92 bits per heavy atom. The molecule has 0 radical (unpaired) electrons. The first-order valence-electron chi connectivity index (χ1n) is 8.32. The van der Waals surface area contributed by atoms with Crippen LogP contribution < -0.4 is 5.32 Å². The number of urea groups is 1. The molecule has 2 aromatic rings. The summed E-state index contributed by atoms with van der Waals surface area (Å²) in [6.07, 6.45) is -0.612. The maximum absolute atomic E-state index is 12.5. The largest absolute Gasteiger partial charge is 0.451 e. The number of ether oxygens (including phenoxy) is 1. The van der Waals surface area contributed by atoms with Crippen molar-refractivity contribution in [1.82, 2.24) is 10.2 Å². The molecule has 6 heteroatoms. The number of rotatable bonds is 5. The molecule has 1 saturated heterocycles. The monoisotopic (exact) mass is 352 g/mol. The number of benzene rings is 2. The molecule has 3 rings (SSSR count). The van der Waals surface area contributed by atoms with Crippen LogP contribution in [0.2, 0.25) is 0 Å². The molecule has 1 aliphatic rings. The van der Waals surface area contributed by atoms with E-state index in [0.717, 1.165) is 16.0 Å². The van der Waals surface area contributed by atoms with Crippen molar-refractivity contribution in [2.75, 3.05) is 6.54 Å². The average molecular weight is 352 g/mol. The molecule has 3 amide bonds. The van der Waals surface area contributed by atoms with E-state index in [1.165, 1.54) is 0 Å². The molecule has 0 saturated carbocycles. The van der Waals surface area contributed by atoms with Gasteiger partial charge in [0.2, 0.25) is 0 Å². The lowest BCUT2D eigenvalue weighted by Crippen LogP contribution is -2.41. The van der Waals surface area contributed by atoms with E-state index in [0.29, 0.717) is 0 Å². The first-order valence-corrected chi connectivity index (χ1v) is 8.32. The summed E-state index contributed by atoms with van der Waals surface area (Å²) in [6, 6.07) is 18.1. The Labute approximate surface area is 151 Å². The van der Waals surface area contributed by atoms with Crippen LogP contribution in [-0.2, 0) is 14.3 Å². The van der Waals surface area contributed by atoms with Crippen molar-refractivity contribution >= 4 is 17.9 Å². The van der Waals surface area contributed by atoms with E-state index in [1.807, 2.05) is 60.7 Å². The summed E-state index contributed by atoms with van der Waals surface area (Å²) in [5.74, 6) is -1.10. The molecule has 0 aliphatic carbocycles. The molecule has 1 fully saturated rings. The van der Waals surface area contributed by atoms with Gasteiger partial charge in [-0.1, -0.05) is 60.7 Å². The number of carbonyl (C=O) groups excluding carboxylic acids is 3. The lowest BCUT2D eigenvalue weighted by atomic mass is 10.0. The van der Waals surface area contributed by atoms with E-state index in [-0.39, 0.29) is 0 Å². The van der Waals surface area contributed by atoms with Crippen molar-refractivity contribution in [1.29, 1.82) is 0 Å². The highest BCUT2D eigenvalue weighted by Gasteiger charge is 2.45. The summed E-state index contributed by atoms with van der Waals surface area (Å²) >= 11 is 0. The van der Waals surface area contributed by atoms with Crippen molar-refractivity contribution in [2.45, 2.75) is 25.5 Å². The Hall–Kier alpha value is -3.15. The van der Waals surface area contributed by atoms with E-state index in [9.17, 15) is 14.4 Å². The summed E-state index contributed by atoms with van der Waals surface area (Å²) < 4.78 is 5.64. The highest BCUT2D eigenvalue weighted by Crippen LogP contribution is 2.26. The lowest BCUT2D eigenvalue weighted by molar-refractivity contribution is -0.150. The van der Waals surface area contributed by atoms with Gasteiger partial charge in [0.25, 0.3) is 5.91 Å². The van der Waals surface area contributed by atoms with E-state index >= 15 is 0 Å². The van der Waals surface area contributed by atoms with Crippen LogP contribution in [0.4, 0.5) is 4.79 Å². The third-order valence-corrected chi connectivity index (χ3v) is 4.19. The second-order valence-electron chi connectivity index (χ2n) is 6.64. The molecule has 0 unspecified atom stereocenters. The SMILES string of the molecule is CC1(C)NC(=O)N(CC(=O)OC(c2ccccc2)c2ccccc2)C1=O. The molecular formula is C20H20N2O4. The molecule has 0 spiro atoms. The minimum absolute atomic E-state index is 0.426. The Morgan fingerprint density at radius 1 is 1.00 bits per heavy atom. The third-order valence-electron chi connectivity index (χ3n) is 4.19. The molecule has 134 valence electrons. The second kappa shape index (κ2) is 7.00. The minimum atomic E-state index is -1.02. The predicted octanol–water partition coefficient (Wildman–Crippen LogP) is 2.65. The summed E-state index contributed by atoms with van der Waals surface area (Å²) in [6.45, 7) is 2.76. The highest BCUT2D eigenvalue weighted by molar-refractivity contribution is 6.08. The lowest BCUT2D eigenvalue weighted by Gasteiger charge is -2.21. The van der Waals surface area contributed by atoms with Crippen LogP contribution >= 0.6 is 0 Å². The highest BCUT2D eigenvalue weighted by atomic mass is 16.5. The zero-order valence-electron chi connectivity index (χ0n) is 14.6. The zero-order chi connectivity index (χ0) is 18.7. The maximum Gasteiger partial charge on any atom is 0.327 e. The first kappa shape index (κ1) is 17.7. The second-order valence-corrected chi connectivity index (χ2v) is 6.64. The molecule has 26 heavy (non-hydrogen) atoms. The summed E-state index contributed by atoms with van der Waals surface area (Å²) in [5.41, 5.74) is 0.601. The van der Waals surface area contributed by atoms with E-state index in [2.05, 4.69) is 5.32 Å². The topological polar surface area (TPSA) is 75.7 Å². The standard InChI is InChI=1S/C20H20N2O4/c1-20(2)18(24)22(19(25)21-20)13-16(23)26-17(14-9-5-3-6-10-14)15-11-7-4-8-12-15/h3-12,17H,13H2,1-2H3,(H,21,25). The molecule has 0 aromatic heterocycles. The third kappa shape index (κ3) is 3.59. The maximum atomic E-state index is 12.5. The van der Waals surface area contributed by atoms with Gasteiger partial charge in [0.15, 0.2) is 6.10 Å². The fraction of sp³-hybridized carbons (Fsp3) is 0.250. The van der Waals surface area contributed by atoms with Crippen LogP contribution in [0.3, 0.4) is 0 Å². The van der Waals surface area contributed by atoms with E-state index < -0.39 is 36.1 Å². The van der Waals surface area contributed by atoms with Crippen molar-refractivity contribution in [3.05, 3.63) is 71.8 Å². The van der Waals surface area contributed by atoms with Gasteiger partial charge >= 0.3 is 12.0 Å². The smallest absolute Gasteiger partial charge is 0.327 e. The zero-order valence-corrected chi connectivity index (χ0v) is 14.6. The number of carbonyl (C=O) groups is 3. The van der Waals surface area contributed by atoms with Gasteiger partial charge in [0, 0.05) is 0 Å².